The van der Waals surface area contributed by atoms with E-state index >= 15 is 0 Å². The van der Waals surface area contributed by atoms with Gasteiger partial charge in [0.15, 0.2) is 0 Å². The highest BCUT2D eigenvalue weighted by atomic mass is 16.2. The Bertz CT molecular complexity index is 700. The fourth-order valence-electron chi connectivity index (χ4n) is 1.94. The van der Waals surface area contributed by atoms with Crippen LogP contribution in [0.15, 0.2) is 30.5 Å². The topological polar surface area (TPSA) is 110 Å². The largest absolute Gasteiger partial charge is 0.382 e. The number of nitrogens with two attached hydrogens (primary N) is 1. The normalized spacial score (nSPS) is 11.6. The molecule has 2 amide bonds. The Hall–Kier alpha value is -2.96. The average molecular weight is 313 g/mol. The molecule has 0 saturated carbocycles. The predicted octanol–water partition coefficient (Wildman–Crippen LogP) is 0.785. The van der Waals surface area contributed by atoms with Gasteiger partial charge in [0.2, 0.25) is 12.3 Å². The van der Waals surface area contributed by atoms with Crippen LogP contribution in [0, 0.1) is 6.92 Å². The number of carbonyl (C=O) groups is 2. The van der Waals surface area contributed by atoms with Crippen LogP contribution in [0.4, 0.5) is 5.82 Å². The van der Waals surface area contributed by atoms with Gasteiger partial charge in [-0.25, -0.2) is 9.97 Å². The average Bonchev–Trinajstić information content (AvgIpc) is 2.56. The quantitative estimate of drug-likeness (QED) is 0.683. The third kappa shape index (κ3) is 4.26. The number of anilines is 1. The molecular formula is C16H19N5O2. The van der Waals surface area contributed by atoms with Crippen molar-refractivity contribution in [2.75, 3.05) is 5.73 Å². The Morgan fingerprint density at radius 3 is 2.65 bits per heavy atom. The SMILES string of the molecule is Cc1nc(-c2ccc(CNC(=O)C(C)NC=O)cc2)cnc1N. The highest BCUT2D eigenvalue weighted by Crippen LogP contribution is 2.18. The molecule has 1 aromatic carbocycles. The molecule has 0 aliphatic rings. The van der Waals surface area contributed by atoms with E-state index in [2.05, 4.69) is 20.6 Å². The van der Waals surface area contributed by atoms with E-state index in [1.165, 1.54) is 0 Å². The number of carbonyl (C=O) groups excluding carboxylic acids is 2. The first-order chi connectivity index (χ1) is 11.0. The van der Waals surface area contributed by atoms with Crippen molar-refractivity contribution in [3.8, 4) is 11.3 Å². The Labute approximate surface area is 134 Å². The number of nitrogens with zero attached hydrogens (tertiary/aromatic N) is 2. The van der Waals surface area contributed by atoms with E-state index in [1.807, 2.05) is 31.2 Å². The number of amides is 2. The monoisotopic (exact) mass is 313 g/mol. The molecule has 0 aliphatic carbocycles. The lowest BCUT2D eigenvalue weighted by Crippen LogP contribution is -2.41. The summed E-state index contributed by atoms with van der Waals surface area (Å²) in [5.74, 6) is 0.187. The van der Waals surface area contributed by atoms with Crippen molar-refractivity contribution >= 4 is 18.1 Å². The van der Waals surface area contributed by atoms with Gasteiger partial charge in [-0.15, -0.1) is 0 Å². The molecule has 0 fully saturated rings. The summed E-state index contributed by atoms with van der Waals surface area (Å²) in [5, 5.41) is 5.16. The maximum atomic E-state index is 11.7. The fourth-order valence-corrected chi connectivity index (χ4v) is 1.94. The number of nitrogen functional groups attached to an aromatic ring is 1. The maximum absolute atomic E-state index is 11.7. The van der Waals surface area contributed by atoms with Crippen LogP contribution in [-0.2, 0) is 16.1 Å². The lowest BCUT2D eigenvalue weighted by molar-refractivity contribution is -0.125. The summed E-state index contributed by atoms with van der Waals surface area (Å²) in [6, 6.07) is 7.07. The first kappa shape index (κ1) is 16.4. The highest BCUT2D eigenvalue weighted by Gasteiger charge is 2.10. The minimum Gasteiger partial charge on any atom is -0.382 e. The molecule has 0 radical (unpaired) electrons. The number of hydrogen-bond donors (Lipinski definition) is 3. The zero-order valence-electron chi connectivity index (χ0n) is 13.0. The molecule has 7 nitrogen and oxygen atoms in total. The van der Waals surface area contributed by atoms with E-state index in [-0.39, 0.29) is 5.91 Å². The summed E-state index contributed by atoms with van der Waals surface area (Å²) >= 11 is 0. The summed E-state index contributed by atoms with van der Waals surface area (Å²) in [6.45, 7) is 3.82. The van der Waals surface area contributed by atoms with Crippen LogP contribution in [0.2, 0.25) is 0 Å². The van der Waals surface area contributed by atoms with Gasteiger partial charge in [0.05, 0.1) is 17.6 Å². The maximum Gasteiger partial charge on any atom is 0.242 e. The second-order valence-electron chi connectivity index (χ2n) is 5.15. The molecule has 1 heterocycles. The first-order valence-electron chi connectivity index (χ1n) is 7.17. The molecule has 2 aromatic rings. The van der Waals surface area contributed by atoms with Crippen LogP contribution in [0.25, 0.3) is 11.3 Å². The van der Waals surface area contributed by atoms with E-state index in [4.69, 9.17) is 5.73 Å². The second kappa shape index (κ2) is 7.35. The molecule has 0 spiro atoms. The van der Waals surface area contributed by atoms with Gasteiger partial charge in [-0.2, -0.15) is 0 Å². The van der Waals surface area contributed by atoms with Crippen LogP contribution >= 0.6 is 0 Å². The van der Waals surface area contributed by atoms with Gasteiger partial charge in [-0.3, -0.25) is 9.59 Å². The number of benzene rings is 1. The summed E-state index contributed by atoms with van der Waals surface area (Å²) in [7, 11) is 0. The van der Waals surface area contributed by atoms with Crippen molar-refractivity contribution in [3.63, 3.8) is 0 Å². The minimum atomic E-state index is -0.556. The Kier molecular flexibility index (Phi) is 5.24. The molecule has 1 aromatic heterocycles. The van der Waals surface area contributed by atoms with Crippen LogP contribution in [-0.4, -0.2) is 28.3 Å². The molecule has 1 unspecified atom stereocenters. The van der Waals surface area contributed by atoms with Crippen molar-refractivity contribution in [2.24, 2.45) is 0 Å². The van der Waals surface area contributed by atoms with Crippen LogP contribution in [0.3, 0.4) is 0 Å². The molecule has 0 aliphatic heterocycles. The number of nitrogens with one attached hydrogen (secondary N) is 2. The summed E-state index contributed by atoms with van der Waals surface area (Å²) < 4.78 is 0. The lowest BCUT2D eigenvalue weighted by Gasteiger charge is -2.11. The second-order valence-corrected chi connectivity index (χ2v) is 5.15. The van der Waals surface area contributed by atoms with Gasteiger partial charge < -0.3 is 16.4 Å². The van der Waals surface area contributed by atoms with E-state index in [9.17, 15) is 9.59 Å². The molecule has 23 heavy (non-hydrogen) atoms. The smallest absolute Gasteiger partial charge is 0.242 e. The lowest BCUT2D eigenvalue weighted by atomic mass is 10.1. The molecular weight excluding hydrogens is 294 g/mol. The first-order valence-corrected chi connectivity index (χ1v) is 7.17. The highest BCUT2D eigenvalue weighted by molar-refractivity contribution is 5.83. The Morgan fingerprint density at radius 2 is 2.04 bits per heavy atom. The Morgan fingerprint density at radius 1 is 1.35 bits per heavy atom. The third-order valence-corrected chi connectivity index (χ3v) is 3.41. The summed E-state index contributed by atoms with van der Waals surface area (Å²) in [4.78, 5) is 30.5. The molecule has 0 bridgehead atoms. The van der Waals surface area contributed by atoms with Crippen molar-refractivity contribution in [1.82, 2.24) is 20.6 Å². The minimum absolute atomic E-state index is 0.235. The third-order valence-electron chi connectivity index (χ3n) is 3.41. The van der Waals surface area contributed by atoms with Crippen LogP contribution in [0.1, 0.15) is 18.2 Å². The van der Waals surface area contributed by atoms with Gasteiger partial charge >= 0.3 is 0 Å². The van der Waals surface area contributed by atoms with Crippen LogP contribution < -0.4 is 16.4 Å². The van der Waals surface area contributed by atoms with Gasteiger partial charge in [-0.05, 0) is 19.4 Å². The zero-order chi connectivity index (χ0) is 16.8. The van der Waals surface area contributed by atoms with E-state index in [0.29, 0.717) is 24.5 Å². The number of rotatable bonds is 6. The molecule has 4 N–H and O–H groups in total. The summed E-state index contributed by atoms with van der Waals surface area (Å²) in [5.41, 5.74) is 8.97. The van der Waals surface area contributed by atoms with Gasteiger partial charge in [0, 0.05) is 12.1 Å². The van der Waals surface area contributed by atoms with Gasteiger partial charge in [0.1, 0.15) is 11.9 Å². The van der Waals surface area contributed by atoms with Crippen molar-refractivity contribution < 1.29 is 9.59 Å². The zero-order valence-corrected chi connectivity index (χ0v) is 13.0. The summed E-state index contributed by atoms with van der Waals surface area (Å²) in [6.07, 6.45) is 2.14. The molecule has 0 saturated heterocycles. The molecule has 2 rings (SSSR count). The van der Waals surface area contributed by atoms with Crippen molar-refractivity contribution in [3.05, 3.63) is 41.7 Å². The molecule has 1 atom stereocenters. The van der Waals surface area contributed by atoms with E-state index in [0.717, 1.165) is 16.8 Å². The standard InChI is InChI=1S/C16H19N5O2/c1-10-15(17)18-8-14(21-10)13-5-3-12(4-6-13)7-19-16(23)11(2)20-9-22/h3-6,8-9,11H,7H2,1-2H3,(H2,17,18)(H,19,23)(H,20,22). The van der Waals surface area contributed by atoms with Crippen LogP contribution in [0.5, 0.6) is 0 Å². The van der Waals surface area contributed by atoms with Gasteiger partial charge in [0.25, 0.3) is 0 Å². The van der Waals surface area contributed by atoms with Gasteiger partial charge in [-0.1, -0.05) is 24.3 Å². The Balaban J connectivity index is 2.00. The molecule has 7 heteroatoms. The van der Waals surface area contributed by atoms with E-state index in [1.54, 1.807) is 13.1 Å². The molecule has 120 valence electrons. The number of aryl methyl sites for hydroxylation is 1. The fraction of sp³-hybridized carbons (Fsp3) is 0.250. The number of hydrogen-bond acceptors (Lipinski definition) is 5. The van der Waals surface area contributed by atoms with E-state index < -0.39 is 6.04 Å². The number of aromatic nitrogens is 2. The van der Waals surface area contributed by atoms with Crippen molar-refractivity contribution in [1.29, 1.82) is 0 Å². The van der Waals surface area contributed by atoms with Crippen molar-refractivity contribution in [2.45, 2.75) is 26.4 Å². The predicted molar refractivity (Wildman–Crippen MR) is 87.1 cm³/mol.